The Bertz CT molecular complexity index is 689. The van der Waals surface area contributed by atoms with E-state index >= 15 is 0 Å². The predicted molar refractivity (Wildman–Crippen MR) is 69.1 cm³/mol. The number of fused-ring (bicyclic) bond motifs is 3. The van der Waals surface area contributed by atoms with E-state index in [2.05, 4.69) is 0 Å². The Labute approximate surface area is 109 Å². The van der Waals surface area contributed by atoms with Crippen LogP contribution in [-0.2, 0) is 11.3 Å². The van der Waals surface area contributed by atoms with E-state index in [4.69, 9.17) is 4.74 Å². The van der Waals surface area contributed by atoms with Crippen LogP contribution in [0.25, 0.3) is 11.1 Å². The van der Waals surface area contributed by atoms with Crippen LogP contribution in [0.5, 0.6) is 11.5 Å². The number of aryl methyl sites for hydroxylation is 1. The molecule has 2 aromatic carbocycles. The molecule has 0 aliphatic carbocycles. The highest BCUT2D eigenvalue weighted by molar-refractivity contribution is 5.99. The van der Waals surface area contributed by atoms with Gasteiger partial charge in [0.1, 0.15) is 18.1 Å². The van der Waals surface area contributed by atoms with E-state index in [1.54, 1.807) is 19.1 Å². The average molecular weight is 256 g/mol. The number of hydrogen-bond acceptors (Lipinski definition) is 4. The molecule has 0 spiro atoms. The number of phenolic OH excluding ortho intramolecular Hbond substituents is 2. The first-order valence-corrected chi connectivity index (χ1v) is 5.89. The Morgan fingerprint density at radius 1 is 1.05 bits per heavy atom. The third kappa shape index (κ3) is 1.81. The molecule has 4 heteroatoms. The molecule has 19 heavy (non-hydrogen) atoms. The zero-order chi connectivity index (χ0) is 13.6. The minimum Gasteiger partial charge on any atom is -0.508 e. The van der Waals surface area contributed by atoms with Gasteiger partial charge in [0.25, 0.3) is 0 Å². The minimum absolute atomic E-state index is 0.0228. The molecule has 1 aliphatic heterocycles. The second-order valence-corrected chi connectivity index (χ2v) is 4.60. The summed E-state index contributed by atoms with van der Waals surface area (Å²) in [5.74, 6) is -0.272. The molecule has 1 aliphatic rings. The van der Waals surface area contributed by atoms with E-state index in [1.807, 2.05) is 6.07 Å². The van der Waals surface area contributed by atoms with Crippen molar-refractivity contribution in [3.05, 3.63) is 47.0 Å². The summed E-state index contributed by atoms with van der Waals surface area (Å²) in [6.07, 6.45) is 0. The Kier molecular flexibility index (Phi) is 2.45. The number of ether oxygens (including phenoxy) is 1. The van der Waals surface area contributed by atoms with Gasteiger partial charge < -0.3 is 14.9 Å². The third-order valence-corrected chi connectivity index (χ3v) is 3.29. The van der Waals surface area contributed by atoms with Gasteiger partial charge in [-0.1, -0.05) is 0 Å². The number of aromatic hydroxyl groups is 2. The minimum atomic E-state index is -0.473. The van der Waals surface area contributed by atoms with E-state index in [0.29, 0.717) is 11.1 Å². The molecule has 2 N–H and O–H groups in total. The van der Waals surface area contributed by atoms with E-state index in [0.717, 1.165) is 16.7 Å². The van der Waals surface area contributed by atoms with Gasteiger partial charge in [-0.25, -0.2) is 4.79 Å². The molecule has 4 nitrogen and oxygen atoms in total. The Morgan fingerprint density at radius 3 is 2.63 bits per heavy atom. The van der Waals surface area contributed by atoms with E-state index < -0.39 is 5.97 Å². The molecule has 1 heterocycles. The van der Waals surface area contributed by atoms with Crippen molar-refractivity contribution < 1.29 is 19.7 Å². The summed E-state index contributed by atoms with van der Waals surface area (Å²) >= 11 is 0. The maximum Gasteiger partial charge on any atom is 0.339 e. The summed E-state index contributed by atoms with van der Waals surface area (Å²) in [4.78, 5) is 11.9. The van der Waals surface area contributed by atoms with Gasteiger partial charge in [0.2, 0.25) is 0 Å². The maximum absolute atomic E-state index is 11.9. The van der Waals surface area contributed by atoms with E-state index in [9.17, 15) is 15.0 Å². The molecule has 0 unspecified atom stereocenters. The molecule has 0 atom stereocenters. The molecular weight excluding hydrogens is 244 g/mol. The second-order valence-electron chi connectivity index (χ2n) is 4.60. The molecule has 96 valence electrons. The summed E-state index contributed by atoms with van der Waals surface area (Å²) in [5.41, 5.74) is 3.37. The average Bonchev–Trinajstić information content (AvgIpc) is 2.50. The highest BCUT2D eigenvalue weighted by Gasteiger charge is 2.22. The van der Waals surface area contributed by atoms with Gasteiger partial charge in [-0.2, -0.15) is 0 Å². The lowest BCUT2D eigenvalue weighted by atomic mass is 9.94. The van der Waals surface area contributed by atoms with Crippen LogP contribution < -0.4 is 0 Å². The Hall–Kier alpha value is -2.49. The number of esters is 1. The number of benzene rings is 2. The molecular formula is C15H12O4. The molecule has 0 aromatic heterocycles. The molecule has 0 radical (unpaired) electrons. The van der Waals surface area contributed by atoms with Gasteiger partial charge in [-0.05, 0) is 53.9 Å². The lowest BCUT2D eigenvalue weighted by Gasteiger charge is -2.10. The van der Waals surface area contributed by atoms with Gasteiger partial charge in [0, 0.05) is 5.56 Å². The SMILES string of the molecule is Cc1cc2c(cc1O)COC(=O)c1cc(O)ccc1-2. The van der Waals surface area contributed by atoms with E-state index in [-0.39, 0.29) is 18.1 Å². The first-order valence-electron chi connectivity index (χ1n) is 5.89. The third-order valence-electron chi connectivity index (χ3n) is 3.29. The largest absolute Gasteiger partial charge is 0.508 e. The van der Waals surface area contributed by atoms with Crippen molar-refractivity contribution in [2.75, 3.05) is 0 Å². The van der Waals surface area contributed by atoms with Crippen LogP contribution in [0.15, 0.2) is 30.3 Å². The van der Waals surface area contributed by atoms with Crippen molar-refractivity contribution >= 4 is 5.97 Å². The monoisotopic (exact) mass is 256 g/mol. The summed E-state index contributed by atoms with van der Waals surface area (Å²) in [5, 5.41) is 19.2. The first kappa shape index (κ1) is 11.6. The maximum atomic E-state index is 11.9. The quantitative estimate of drug-likeness (QED) is 0.711. The van der Waals surface area contributed by atoms with Gasteiger partial charge in [0.15, 0.2) is 0 Å². The van der Waals surface area contributed by atoms with Crippen LogP contribution in [-0.4, -0.2) is 16.2 Å². The van der Waals surface area contributed by atoms with Crippen molar-refractivity contribution in [3.8, 4) is 22.6 Å². The molecule has 0 bridgehead atoms. The van der Waals surface area contributed by atoms with Crippen molar-refractivity contribution in [2.45, 2.75) is 13.5 Å². The number of hydrogen-bond donors (Lipinski definition) is 2. The van der Waals surface area contributed by atoms with Crippen molar-refractivity contribution in [2.24, 2.45) is 0 Å². The summed E-state index contributed by atoms with van der Waals surface area (Å²) in [7, 11) is 0. The van der Waals surface area contributed by atoms with Crippen molar-refractivity contribution in [1.29, 1.82) is 0 Å². The van der Waals surface area contributed by atoms with Gasteiger partial charge in [-0.15, -0.1) is 0 Å². The molecule has 2 aromatic rings. The summed E-state index contributed by atoms with van der Waals surface area (Å²) in [6, 6.07) is 8.05. The number of carbonyl (C=O) groups is 1. The first-order chi connectivity index (χ1) is 9.06. The Balaban J connectivity index is 2.32. The van der Waals surface area contributed by atoms with E-state index in [1.165, 1.54) is 12.1 Å². The van der Waals surface area contributed by atoms with Crippen LogP contribution in [0.1, 0.15) is 21.5 Å². The van der Waals surface area contributed by atoms with Gasteiger partial charge >= 0.3 is 5.97 Å². The van der Waals surface area contributed by atoms with Crippen molar-refractivity contribution in [3.63, 3.8) is 0 Å². The fourth-order valence-corrected chi connectivity index (χ4v) is 2.27. The normalized spacial score (nSPS) is 13.2. The Morgan fingerprint density at radius 2 is 1.84 bits per heavy atom. The smallest absolute Gasteiger partial charge is 0.339 e. The number of carbonyl (C=O) groups excluding carboxylic acids is 1. The predicted octanol–water partition coefficient (Wildman–Crippen LogP) is 2.74. The zero-order valence-corrected chi connectivity index (χ0v) is 10.3. The number of phenols is 2. The molecule has 0 saturated heterocycles. The topological polar surface area (TPSA) is 66.8 Å². The van der Waals surface area contributed by atoms with Crippen LogP contribution in [0.4, 0.5) is 0 Å². The molecule has 3 rings (SSSR count). The van der Waals surface area contributed by atoms with Gasteiger partial charge in [-0.3, -0.25) is 0 Å². The number of rotatable bonds is 0. The summed E-state index contributed by atoms with van der Waals surface area (Å²) < 4.78 is 5.14. The molecule has 0 amide bonds. The van der Waals surface area contributed by atoms with Crippen LogP contribution >= 0.6 is 0 Å². The lowest BCUT2D eigenvalue weighted by Crippen LogP contribution is -2.02. The zero-order valence-electron chi connectivity index (χ0n) is 10.3. The van der Waals surface area contributed by atoms with Crippen LogP contribution in [0, 0.1) is 6.92 Å². The summed E-state index contributed by atoms with van der Waals surface area (Å²) in [6.45, 7) is 1.90. The molecule has 0 saturated carbocycles. The fraction of sp³-hybridized carbons (Fsp3) is 0.133. The van der Waals surface area contributed by atoms with Gasteiger partial charge in [0.05, 0.1) is 5.56 Å². The van der Waals surface area contributed by atoms with Crippen LogP contribution in [0.2, 0.25) is 0 Å². The van der Waals surface area contributed by atoms with Crippen LogP contribution in [0.3, 0.4) is 0 Å². The number of cyclic esters (lactones) is 1. The highest BCUT2D eigenvalue weighted by Crippen LogP contribution is 2.36. The standard InChI is InChI=1S/C15H12O4/c1-8-4-12-9(5-14(8)17)7-19-15(18)13-6-10(16)2-3-11(12)13/h2-6,16-17H,7H2,1H3. The highest BCUT2D eigenvalue weighted by atomic mass is 16.5. The lowest BCUT2D eigenvalue weighted by molar-refractivity contribution is 0.0478. The molecule has 0 fully saturated rings. The second kappa shape index (κ2) is 4.02. The fourth-order valence-electron chi connectivity index (χ4n) is 2.27. The van der Waals surface area contributed by atoms with Crippen molar-refractivity contribution in [1.82, 2.24) is 0 Å².